The van der Waals surface area contributed by atoms with Crippen LogP contribution in [-0.2, 0) is 9.59 Å². The molecule has 0 bridgehead atoms. The fourth-order valence-corrected chi connectivity index (χ4v) is 3.66. The molecule has 32 heavy (non-hydrogen) atoms. The van der Waals surface area contributed by atoms with E-state index in [1.165, 1.54) is 0 Å². The number of fused-ring (bicyclic) bond motifs is 1. The molecule has 1 aliphatic heterocycles. The number of carboxylic acids is 1. The first kappa shape index (κ1) is 21.2. The Kier molecular flexibility index (Phi) is 6.54. The van der Waals surface area contributed by atoms with Gasteiger partial charge in [-0.25, -0.2) is 4.98 Å². The molecule has 2 heterocycles. The van der Waals surface area contributed by atoms with Crippen molar-refractivity contribution < 1.29 is 19.4 Å². The topological polar surface area (TPSA) is 120 Å². The van der Waals surface area contributed by atoms with E-state index in [1.807, 2.05) is 48.5 Å². The number of carbonyl (C=O) groups is 2. The Morgan fingerprint density at radius 1 is 1.25 bits per heavy atom. The summed E-state index contributed by atoms with van der Waals surface area (Å²) in [6.45, 7) is 1.18. The molecule has 0 fully saturated rings. The van der Waals surface area contributed by atoms with Crippen molar-refractivity contribution in [1.29, 1.82) is 0 Å². The van der Waals surface area contributed by atoms with Gasteiger partial charge in [-0.1, -0.05) is 30.3 Å². The summed E-state index contributed by atoms with van der Waals surface area (Å²) >= 11 is 0. The molecule has 4 rings (SSSR count). The lowest BCUT2D eigenvalue weighted by molar-refractivity contribution is -0.137. The average molecular weight is 435 g/mol. The largest absolute Gasteiger partial charge is 0.481 e. The molecule has 9 heteroatoms. The fraction of sp³-hybridized carbons (Fsp3) is 0.261. The number of nitrogens with zero attached hydrogens (tertiary/aromatic N) is 2. The van der Waals surface area contributed by atoms with Crippen molar-refractivity contribution in [2.75, 3.05) is 35.2 Å². The first-order valence-electron chi connectivity index (χ1n) is 10.4. The Balaban J connectivity index is 1.44. The molecular formula is C23H25N5O4. The van der Waals surface area contributed by atoms with Crippen molar-refractivity contribution in [3.8, 4) is 5.75 Å². The summed E-state index contributed by atoms with van der Waals surface area (Å²) in [5, 5.41) is 15.8. The van der Waals surface area contributed by atoms with E-state index in [2.05, 4.69) is 20.6 Å². The zero-order valence-corrected chi connectivity index (χ0v) is 17.5. The minimum atomic E-state index is -0.888. The van der Waals surface area contributed by atoms with Crippen LogP contribution in [-0.4, -0.2) is 46.6 Å². The number of carboxylic acid groups (broad SMARTS) is 1. The summed E-state index contributed by atoms with van der Waals surface area (Å²) in [7, 11) is 0. The van der Waals surface area contributed by atoms with E-state index in [0.29, 0.717) is 30.5 Å². The van der Waals surface area contributed by atoms with Crippen LogP contribution in [0.25, 0.3) is 0 Å². The molecule has 1 unspecified atom stereocenters. The van der Waals surface area contributed by atoms with Crippen LogP contribution in [0.1, 0.15) is 24.4 Å². The highest BCUT2D eigenvalue weighted by molar-refractivity contribution is 5.98. The summed E-state index contributed by atoms with van der Waals surface area (Å²) in [5.41, 5.74) is 2.32. The predicted molar refractivity (Wildman–Crippen MR) is 121 cm³/mol. The van der Waals surface area contributed by atoms with Gasteiger partial charge in [0.05, 0.1) is 18.2 Å². The van der Waals surface area contributed by atoms with Gasteiger partial charge >= 0.3 is 5.97 Å². The van der Waals surface area contributed by atoms with Gasteiger partial charge in [0.1, 0.15) is 5.75 Å². The number of hydrogen-bond donors (Lipinski definition) is 4. The van der Waals surface area contributed by atoms with E-state index < -0.39 is 5.97 Å². The third-order valence-corrected chi connectivity index (χ3v) is 5.17. The Bertz CT molecular complexity index is 1060. The van der Waals surface area contributed by atoms with Crippen molar-refractivity contribution in [2.24, 2.45) is 0 Å². The zero-order valence-electron chi connectivity index (χ0n) is 17.5. The monoisotopic (exact) mass is 435 g/mol. The second-order valence-electron chi connectivity index (χ2n) is 7.44. The van der Waals surface area contributed by atoms with Crippen molar-refractivity contribution >= 4 is 29.2 Å². The highest BCUT2D eigenvalue weighted by Gasteiger charge is 2.26. The molecule has 3 aromatic rings. The van der Waals surface area contributed by atoms with E-state index in [-0.39, 0.29) is 25.0 Å². The Morgan fingerprint density at radius 3 is 2.84 bits per heavy atom. The number of aliphatic carboxylic acids is 1. The number of anilines is 3. The fourth-order valence-electron chi connectivity index (χ4n) is 3.66. The van der Waals surface area contributed by atoms with E-state index in [0.717, 1.165) is 17.7 Å². The number of amides is 1. The van der Waals surface area contributed by atoms with Crippen LogP contribution in [0, 0.1) is 0 Å². The molecule has 0 saturated heterocycles. The SMILES string of the molecule is O=C(O)CC(Nc1ccc2c(c1)OCC(=O)N2CCCNc1ncc[nH]1)c1ccccc1. The zero-order chi connectivity index (χ0) is 22.3. The van der Waals surface area contributed by atoms with E-state index in [1.54, 1.807) is 17.3 Å². The molecule has 4 N–H and O–H groups in total. The number of H-pyrrole nitrogens is 1. The third-order valence-electron chi connectivity index (χ3n) is 5.17. The van der Waals surface area contributed by atoms with Gasteiger partial charge in [-0.15, -0.1) is 0 Å². The van der Waals surface area contributed by atoms with E-state index >= 15 is 0 Å². The number of hydrogen-bond acceptors (Lipinski definition) is 6. The molecule has 1 aliphatic rings. The number of aromatic nitrogens is 2. The summed E-state index contributed by atoms with van der Waals surface area (Å²) in [6.07, 6.45) is 4.10. The Morgan fingerprint density at radius 2 is 2.09 bits per heavy atom. The van der Waals surface area contributed by atoms with Crippen molar-refractivity contribution in [3.63, 3.8) is 0 Å². The smallest absolute Gasteiger partial charge is 0.305 e. The lowest BCUT2D eigenvalue weighted by Gasteiger charge is -2.30. The van der Waals surface area contributed by atoms with Gasteiger partial charge in [-0.05, 0) is 24.1 Å². The minimum absolute atomic E-state index is 0.0285. The van der Waals surface area contributed by atoms with Gasteiger partial charge < -0.3 is 30.4 Å². The Hall–Kier alpha value is -4.01. The third kappa shape index (κ3) is 5.18. The van der Waals surface area contributed by atoms with Crippen LogP contribution in [0.2, 0.25) is 0 Å². The molecule has 1 atom stereocenters. The van der Waals surface area contributed by atoms with Crippen molar-refractivity contribution in [1.82, 2.24) is 9.97 Å². The molecule has 1 amide bonds. The molecular weight excluding hydrogens is 410 g/mol. The van der Waals surface area contributed by atoms with E-state index in [9.17, 15) is 14.7 Å². The van der Waals surface area contributed by atoms with Gasteiger partial charge in [0.2, 0.25) is 0 Å². The predicted octanol–water partition coefficient (Wildman–Crippen LogP) is 3.27. The maximum Gasteiger partial charge on any atom is 0.305 e. The molecule has 0 saturated carbocycles. The highest BCUT2D eigenvalue weighted by atomic mass is 16.5. The first-order chi connectivity index (χ1) is 15.6. The maximum absolute atomic E-state index is 12.4. The van der Waals surface area contributed by atoms with Crippen LogP contribution in [0.4, 0.5) is 17.3 Å². The molecule has 1 aromatic heterocycles. The normalized spacial score (nSPS) is 13.8. The summed E-state index contributed by atoms with van der Waals surface area (Å²) in [4.78, 5) is 32.6. The summed E-state index contributed by atoms with van der Waals surface area (Å²) in [6, 6.07) is 14.5. The van der Waals surface area contributed by atoms with Crippen molar-refractivity contribution in [2.45, 2.75) is 18.9 Å². The number of rotatable bonds is 10. The van der Waals surface area contributed by atoms with Crippen LogP contribution >= 0.6 is 0 Å². The number of imidazole rings is 1. The van der Waals surface area contributed by atoms with Gasteiger partial charge in [0.15, 0.2) is 12.6 Å². The molecule has 0 radical (unpaired) electrons. The van der Waals surface area contributed by atoms with Crippen LogP contribution in [0.3, 0.4) is 0 Å². The maximum atomic E-state index is 12.4. The summed E-state index contributed by atoms with van der Waals surface area (Å²) < 4.78 is 5.66. The van der Waals surface area contributed by atoms with Crippen LogP contribution in [0.15, 0.2) is 60.9 Å². The molecule has 166 valence electrons. The molecule has 0 spiro atoms. The molecule has 9 nitrogen and oxygen atoms in total. The van der Waals surface area contributed by atoms with Crippen LogP contribution in [0.5, 0.6) is 5.75 Å². The van der Waals surface area contributed by atoms with Gasteiger partial charge in [0, 0.05) is 37.2 Å². The van der Waals surface area contributed by atoms with Gasteiger partial charge in [-0.3, -0.25) is 9.59 Å². The number of aromatic amines is 1. The molecule has 0 aliphatic carbocycles. The van der Waals surface area contributed by atoms with Gasteiger partial charge in [0.25, 0.3) is 5.91 Å². The second kappa shape index (κ2) is 9.86. The second-order valence-corrected chi connectivity index (χ2v) is 7.44. The number of ether oxygens (including phenoxy) is 1. The highest BCUT2D eigenvalue weighted by Crippen LogP contribution is 2.36. The van der Waals surface area contributed by atoms with E-state index in [4.69, 9.17) is 4.74 Å². The van der Waals surface area contributed by atoms with Crippen molar-refractivity contribution in [3.05, 3.63) is 66.5 Å². The Labute approximate surface area is 185 Å². The first-order valence-corrected chi connectivity index (χ1v) is 10.4. The number of nitrogens with one attached hydrogen (secondary N) is 3. The molecule has 2 aromatic carbocycles. The number of benzene rings is 2. The van der Waals surface area contributed by atoms with Gasteiger partial charge in [-0.2, -0.15) is 0 Å². The standard InChI is InChI=1S/C23H25N5O4/c29-21-15-32-20-13-17(27-18(14-22(30)31)16-5-2-1-3-6-16)7-8-19(20)28(21)12-4-9-24-23-25-10-11-26-23/h1-3,5-8,10-11,13,18,27H,4,9,12,14-15H2,(H,30,31)(H2,24,25,26). The quantitative estimate of drug-likeness (QED) is 0.361. The minimum Gasteiger partial charge on any atom is -0.481 e. The summed E-state index contributed by atoms with van der Waals surface area (Å²) in [5.74, 6) is 0.309. The lowest BCUT2D eigenvalue weighted by atomic mass is 10.0. The lowest BCUT2D eigenvalue weighted by Crippen LogP contribution is -2.40. The van der Waals surface area contributed by atoms with Crippen LogP contribution < -0.4 is 20.3 Å². The number of carbonyl (C=O) groups excluding carboxylic acids is 1. The average Bonchev–Trinajstić information content (AvgIpc) is 3.31.